The van der Waals surface area contributed by atoms with Gasteiger partial charge in [0.15, 0.2) is 0 Å². The molecule has 5 nitrogen and oxygen atoms in total. The zero-order chi connectivity index (χ0) is 12.1. The van der Waals surface area contributed by atoms with E-state index in [9.17, 15) is 14.4 Å². The van der Waals surface area contributed by atoms with Gasteiger partial charge in [0.25, 0.3) is 11.8 Å². The summed E-state index contributed by atoms with van der Waals surface area (Å²) >= 11 is 0. The molecule has 0 radical (unpaired) electrons. The Bertz CT molecular complexity index is 319. The third-order valence-electron chi connectivity index (χ3n) is 2.31. The van der Waals surface area contributed by atoms with Gasteiger partial charge in [-0.25, -0.2) is 4.79 Å². The van der Waals surface area contributed by atoms with Gasteiger partial charge < -0.3 is 4.84 Å². The molecule has 5 heteroatoms. The van der Waals surface area contributed by atoms with Gasteiger partial charge in [-0.1, -0.05) is 19.1 Å². The maximum Gasteiger partial charge on any atom is 0.336 e. The van der Waals surface area contributed by atoms with Gasteiger partial charge in [-0.15, -0.1) is 5.06 Å². The Hall–Kier alpha value is -1.65. The lowest BCUT2D eigenvalue weighted by Crippen LogP contribution is -2.34. The number of amides is 2. The highest BCUT2D eigenvalue weighted by Crippen LogP contribution is 2.15. The second-order valence-corrected chi connectivity index (χ2v) is 3.70. The molecule has 1 aliphatic heterocycles. The highest BCUT2D eigenvalue weighted by Gasteiger charge is 2.33. The quantitative estimate of drug-likeness (QED) is 0.532. The summed E-state index contributed by atoms with van der Waals surface area (Å²) < 4.78 is 0. The second kappa shape index (κ2) is 5.44. The zero-order valence-corrected chi connectivity index (χ0v) is 9.43. The average molecular weight is 225 g/mol. The molecule has 1 fully saturated rings. The van der Waals surface area contributed by atoms with Crippen LogP contribution in [0.4, 0.5) is 0 Å². The van der Waals surface area contributed by atoms with Crippen LogP contribution in [0, 0.1) is 5.92 Å². The summed E-state index contributed by atoms with van der Waals surface area (Å²) in [6.45, 7) is 3.54. The van der Waals surface area contributed by atoms with E-state index in [1.807, 2.05) is 19.1 Å². The van der Waals surface area contributed by atoms with Gasteiger partial charge >= 0.3 is 5.97 Å². The average Bonchev–Trinajstić information content (AvgIpc) is 2.57. The molecular weight excluding hydrogens is 210 g/mol. The molecule has 1 unspecified atom stereocenters. The van der Waals surface area contributed by atoms with Crippen molar-refractivity contribution in [3.63, 3.8) is 0 Å². The number of rotatable bonds is 4. The van der Waals surface area contributed by atoms with Gasteiger partial charge in [-0.3, -0.25) is 9.59 Å². The van der Waals surface area contributed by atoms with Crippen LogP contribution in [0.3, 0.4) is 0 Å². The Morgan fingerprint density at radius 1 is 1.44 bits per heavy atom. The molecular formula is C11H15NO4. The third kappa shape index (κ3) is 2.92. The lowest BCUT2D eigenvalue weighted by Gasteiger charge is -2.15. The highest BCUT2D eigenvalue weighted by atomic mass is 16.7. The third-order valence-corrected chi connectivity index (χ3v) is 2.31. The van der Waals surface area contributed by atoms with Crippen LogP contribution < -0.4 is 0 Å². The van der Waals surface area contributed by atoms with Crippen molar-refractivity contribution in [1.29, 1.82) is 0 Å². The molecule has 88 valence electrons. The summed E-state index contributed by atoms with van der Waals surface area (Å²) in [5.74, 6) is -1.81. The molecule has 2 amide bonds. The molecule has 1 heterocycles. The second-order valence-electron chi connectivity index (χ2n) is 3.70. The van der Waals surface area contributed by atoms with Crippen LogP contribution in [0.2, 0.25) is 0 Å². The van der Waals surface area contributed by atoms with E-state index < -0.39 is 17.8 Å². The van der Waals surface area contributed by atoms with Gasteiger partial charge in [0.2, 0.25) is 0 Å². The van der Waals surface area contributed by atoms with Crippen LogP contribution in [0.5, 0.6) is 0 Å². The molecule has 0 aromatic heterocycles. The zero-order valence-electron chi connectivity index (χ0n) is 9.43. The van der Waals surface area contributed by atoms with Crippen molar-refractivity contribution in [3.8, 4) is 0 Å². The monoisotopic (exact) mass is 225 g/mol. The predicted molar refractivity (Wildman–Crippen MR) is 55.8 cm³/mol. The number of hydrogen-bond acceptors (Lipinski definition) is 4. The van der Waals surface area contributed by atoms with Crippen molar-refractivity contribution in [2.45, 2.75) is 33.1 Å². The van der Waals surface area contributed by atoms with E-state index in [2.05, 4.69) is 0 Å². The Balaban J connectivity index is 2.50. The summed E-state index contributed by atoms with van der Waals surface area (Å²) in [4.78, 5) is 38.6. The van der Waals surface area contributed by atoms with Gasteiger partial charge in [0.1, 0.15) is 0 Å². The number of nitrogens with zero attached hydrogens (tertiary/aromatic N) is 1. The van der Waals surface area contributed by atoms with E-state index in [1.165, 1.54) is 0 Å². The molecule has 1 aliphatic rings. The van der Waals surface area contributed by atoms with Crippen LogP contribution in [0.15, 0.2) is 12.2 Å². The van der Waals surface area contributed by atoms with Crippen LogP contribution >= 0.6 is 0 Å². The lowest BCUT2D eigenvalue weighted by atomic mass is 10.1. The van der Waals surface area contributed by atoms with E-state index in [-0.39, 0.29) is 18.8 Å². The smallest absolute Gasteiger partial charge is 0.330 e. The summed E-state index contributed by atoms with van der Waals surface area (Å²) in [7, 11) is 0. The van der Waals surface area contributed by atoms with Crippen LogP contribution in [0.1, 0.15) is 33.1 Å². The normalized spacial score (nSPS) is 18.2. The van der Waals surface area contributed by atoms with Crippen molar-refractivity contribution < 1.29 is 19.2 Å². The van der Waals surface area contributed by atoms with E-state index in [1.54, 1.807) is 6.92 Å². The molecule has 0 aliphatic carbocycles. The van der Waals surface area contributed by atoms with Gasteiger partial charge in [0, 0.05) is 12.8 Å². The molecule has 16 heavy (non-hydrogen) atoms. The Labute approximate surface area is 94.0 Å². The van der Waals surface area contributed by atoms with Crippen LogP contribution in [-0.4, -0.2) is 22.8 Å². The molecule has 0 aromatic carbocycles. The van der Waals surface area contributed by atoms with Crippen LogP contribution in [0.25, 0.3) is 0 Å². The van der Waals surface area contributed by atoms with E-state index in [4.69, 9.17) is 4.84 Å². The molecule has 0 N–H and O–H groups in total. The van der Waals surface area contributed by atoms with E-state index in [0.717, 1.165) is 0 Å². The Morgan fingerprint density at radius 2 is 2.00 bits per heavy atom. The number of hydroxylamine groups is 2. The number of carbonyl (C=O) groups is 3. The lowest BCUT2D eigenvalue weighted by molar-refractivity contribution is -0.200. The number of hydrogen-bond donors (Lipinski definition) is 0. The molecule has 1 atom stereocenters. The Kier molecular flexibility index (Phi) is 4.22. The maximum absolute atomic E-state index is 11.5. The van der Waals surface area contributed by atoms with Crippen molar-refractivity contribution in [2.75, 3.05) is 0 Å². The number of carbonyl (C=O) groups excluding carboxylic acids is 3. The fraction of sp³-hybridized carbons (Fsp3) is 0.545. The van der Waals surface area contributed by atoms with Gasteiger partial charge in [-0.05, 0) is 13.3 Å². The van der Waals surface area contributed by atoms with Crippen molar-refractivity contribution >= 4 is 17.8 Å². The predicted octanol–water partition coefficient (Wildman–Crippen LogP) is 1.20. The molecule has 0 spiro atoms. The first-order chi connectivity index (χ1) is 7.56. The summed E-state index contributed by atoms with van der Waals surface area (Å²) in [6.07, 6.45) is 4.44. The van der Waals surface area contributed by atoms with E-state index >= 15 is 0 Å². The topological polar surface area (TPSA) is 63.7 Å². The van der Waals surface area contributed by atoms with Crippen molar-refractivity contribution in [3.05, 3.63) is 12.2 Å². The molecule has 1 rings (SSSR count). The minimum absolute atomic E-state index is 0.120. The number of imide groups is 1. The van der Waals surface area contributed by atoms with Crippen molar-refractivity contribution in [2.24, 2.45) is 5.92 Å². The van der Waals surface area contributed by atoms with Crippen molar-refractivity contribution in [1.82, 2.24) is 5.06 Å². The van der Waals surface area contributed by atoms with Gasteiger partial charge in [0.05, 0.1) is 5.92 Å². The van der Waals surface area contributed by atoms with Gasteiger partial charge in [-0.2, -0.15) is 0 Å². The molecule has 1 saturated heterocycles. The maximum atomic E-state index is 11.5. The van der Waals surface area contributed by atoms with E-state index in [0.29, 0.717) is 11.5 Å². The summed E-state index contributed by atoms with van der Waals surface area (Å²) in [6, 6.07) is 0. The summed E-state index contributed by atoms with van der Waals surface area (Å²) in [5, 5.41) is 0.578. The fourth-order valence-electron chi connectivity index (χ4n) is 1.27. The highest BCUT2D eigenvalue weighted by molar-refractivity contribution is 6.01. The standard InChI is InChI=1S/C11H15NO4/c1-3-4-5-8(2)11(15)16-12-9(13)6-7-10(12)14/h3-4,8H,5-7H2,1-2H3/b4-3-. The number of allylic oxidation sites excluding steroid dienone is 2. The SMILES string of the molecule is C/C=C\CC(C)C(=O)ON1C(=O)CCC1=O. The minimum atomic E-state index is -0.554. The first kappa shape index (κ1) is 12.4. The Morgan fingerprint density at radius 3 is 2.50 bits per heavy atom. The largest absolute Gasteiger partial charge is 0.336 e. The fourth-order valence-corrected chi connectivity index (χ4v) is 1.27. The first-order valence-electron chi connectivity index (χ1n) is 5.25. The summed E-state index contributed by atoms with van der Waals surface area (Å²) in [5.41, 5.74) is 0. The molecule has 0 saturated carbocycles. The molecule has 0 bridgehead atoms. The molecule has 0 aromatic rings. The minimum Gasteiger partial charge on any atom is -0.330 e. The van der Waals surface area contributed by atoms with Crippen LogP contribution in [-0.2, 0) is 19.2 Å². The first-order valence-corrected chi connectivity index (χ1v) is 5.25.